The van der Waals surface area contributed by atoms with Crippen LogP contribution in [0, 0.1) is 5.82 Å². The lowest BCUT2D eigenvalue weighted by Gasteiger charge is -2.24. The molecular weight excluding hydrogens is 263 g/mol. The van der Waals surface area contributed by atoms with E-state index >= 15 is 0 Å². The molecule has 2 atom stereocenters. The number of likely N-dealkylation sites (N-methyl/N-ethyl adjacent to an activating group) is 1. The van der Waals surface area contributed by atoms with Crippen molar-refractivity contribution in [1.82, 2.24) is 10.2 Å². The van der Waals surface area contributed by atoms with E-state index in [0.29, 0.717) is 6.04 Å². The maximum absolute atomic E-state index is 13.4. The Morgan fingerprint density at radius 2 is 2.05 bits per heavy atom. The summed E-state index contributed by atoms with van der Waals surface area (Å²) >= 11 is 5.68. The van der Waals surface area contributed by atoms with Crippen molar-refractivity contribution in [2.45, 2.75) is 39.3 Å². The summed E-state index contributed by atoms with van der Waals surface area (Å²) in [6, 6.07) is 5.68. The molecule has 1 rings (SSSR count). The second-order valence-corrected chi connectivity index (χ2v) is 5.49. The molecule has 0 aliphatic carbocycles. The summed E-state index contributed by atoms with van der Waals surface area (Å²) in [6.45, 7) is 8.30. The zero-order valence-corrected chi connectivity index (χ0v) is 13.0. The van der Waals surface area contributed by atoms with Gasteiger partial charge in [-0.05, 0) is 45.0 Å². The monoisotopic (exact) mass is 286 g/mol. The molecule has 1 aromatic carbocycles. The Morgan fingerprint density at radius 1 is 1.37 bits per heavy atom. The van der Waals surface area contributed by atoms with Gasteiger partial charge in [-0.1, -0.05) is 24.6 Å². The number of benzene rings is 1. The summed E-state index contributed by atoms with van der Waals surface area (Å²) in [5, 5.41) is 3.58. The highest BCUT2D eigenvalue weighted by atomic mass is 35.5. The normalized spacial score (nSPS) is 14.7. The van der Waals surface area contributed by atoms with Gasteiger partial charge in [-0.25, -0.2) is 4.39 Å². The van der Waals surface area contributed by atoms with Crippen LogP contribution in [0.4, 0.5) is 4.39 Å². The number of hydrogen-bond acceptors (Lipinski definition) is 2. The third-order valence-corrected chi connectivity index (χ3v) is 4.01. The van der Waals surface area contributed by atoms with Gasteiger partial charge in [-0.3, -0.25) is 0 Å². The third kappa shape index (κ3) is 5.09. The van der Waals surface area contributed by atoms with Crippen molar-refractivity contribution < 1.29 is 4.39 Å². The molecule has 0 aromatic heterocycles. The molecule has 0 heterocycles. The van der Waals surface area contributed by atoms with Crippen LogP contribution in [-0.2, 0) is 0 Å². The highest BCUT2D eigenvalue weighted by Crippen LogP contribution is 2.19. The van der Waals surface area contributed by atoms with Crippen LogP contribution in [0.1, 0.15) is 38.8 Å². The molecule has 19 heavy (non-hydrogen) atoms. The highest BCUT2D eigenvalue weighted by molar-refractivity contribution is 6.30. The lowest BCUT2D eigenvalue weighted by atomic mass is 10.1. The van der Waals surface area contributed by atoms with Gasteiger partial charge < -0.3 is 10.2 Å². The maximum atomic E-state index is 13.4. The molecule has 0 bridgehead atoms. The van der Waals surface area contributed by atoms with Crippen LogP contribution in [0.5, 0.6) is 0 Å². The molecule has 0 aliphatic rings. The van der Waals surface area contributed by atoms with Crippen LogP contribution >= 0.6 is 11.6 Å². The Kier molecular flexibility index (Phi) is 6.76. The van der Waals surface area contributed by atoms with Crippen LogP contribution < -0.4 is 5.32 Å². The molecule has 2 nitrogen and oxygen atoms in total. The number of halogens is 2. The minimum atomic E-state index is -0.357. The maximum Gasteiger partial charge on any atom is 0.142 e. The van der Waals surface area contributed by atoms with Gasteiger partial charge in [-0.15, -0.1) is 0 Å². The van der Waals surface area contributed by atoms with E-state index < -0.39 is 0 Å². The largest absolute Gasteiger partial charge is 0.309 e. The fourth-order valence-corrected chi connectivity index (χ4v) is 2.01. The Labute approximate surface area is 120 Å². The number of nitrogens with one attached hydrogen (secondary N) is 1. The van der Waals surface area contributed by atoms with Crippen molar-refractivity contribution in [1.29, 1.82) is 0 Å². The second kappa shape index (κ2) is 7.83. The van der Waals surface area contributed by atoms with Crippen molar-refractivity contribution in [2.24, 2.45) is 0 Å². The summed E-state index contributed by atoms with van der Waals surface area (Å²) in [4.78, 5) is 2.32. The van der Waals surface area contributed by atoms with E-state index in [9.17, 15) is 4.39 Å². The standard InChI is InChI=1S/C15H24ClFN2/c1-5-11(2)19(4)9-8-18-12(3)13-6-7-14(16)15(17)10-13/h6-7,10-12,18H,5,8-9H2,1-4H3. The molecule has 4 heteroatoms. The Balaban J connectivity index is 2.43. The zero-order valence-electron chi connectivity index (χ0n) is 12.2. The van der Waals surface area contributed by atoms with Crippen LogP contribution in [0.25, 0.3) is 0 Å². The molecule has 0 saturated heterocycles. The van der Waals surface area contributed by atoms with E-state index in [1.54, 1.807) is 6.07 Å². The Morgan fingerprint density at radius 3 is 2.63 bits per heavy atom. The number of rotatable bonds is 7. The Hall–Kier alpha value is -0.640. The predicted octanol–water partition coefficient (Wildman–Crippen LogP) is 3.86. The van der Waals surface area contributed by atoms with Gasteiger partial charge in [0.15, 0.2) is 0 Å². The molecule has 1 N–H and O–H groups in total. The van der Waals surface area contributed by atoms with E-state index in [1.165, 1.54) is 6.07 Å². The van der Waals surface area contributed by atoms with Crippen molar-refractivity contribution >= 4 is 11.6 Å². The molecule has 0 aliphatic heterocycles. The molecule has 0 spiro atoms. The van der Waals surface area contributed by atoms with E-state index in [0.717, 1.165) is 25.1 Å². The average Bonchev–Trinajstić information content (AvgIpc) is 2.40. The van der Waals surface area contributed by atoms with Crippen molar-refractivity contribution in [3.8, 4) is 0 Å². The first-order chi connectivity index (χ1) is 8.95. The first-order valence-corrected chi connectivity index (χ1v) is 7.22. The Bertz CT molecular complexity index is 398. The first-order valence-electron chi connectivity index (χ1n) is 6.84. The minimum absolute atomic E-state index is 0.122. The first kappa shape index (κ1) is 16.4. The fourth-order valence-electron chi connectivity index (χ4n) is 1.89. The van der Waals surface area contributed by atoms with Gasteiger partial charge in [0.1, 0.15) is 5.82 Å². The van der Waals surface area contributed by atoms with Gasteiger partial charge >= 0.3 is 0 Å². The van der Waals surface area contributed by atoms with Crippen molar-refractivity contribution in [2.75, 3.05) is 20.1 Å². The molecule has 0 amide bonds. The summed E-state index contributed by atoms with van der Waals surface area (Å²) in [6.07, 6.45) is 1.15. The van der Waals surface area contributed by atoms with Crippen LogP contribution in [0.3, 0.4) is 0 Å². The summed E-state index contributed by atoms with van der Waals surface area (Å²) in [7, 11) is 2.13. The molecule has 2 unspecified atom stereocenters. The predicted molar refractivity (Wildman–Crippen MR) is 80.2 cm³/mol. The third-order valence-electron chi connectivity index (χ3n) is 3.70. The topological polar surface area (TPSA) is 15.3 Å². The number of nitrogens with zero attached hydrogens (tertiary/aromatic N) is 1. The number of hydrogen-bond donors (Lipinski definition) is 1. The van der Waals surface area contributed by atoms with Crippen molar-refractivity contribution in [3.63, 3.8) is 0 Å². The van der Waals surface area contributed by atoms with Gasteiger partial charge in [0.2, 0.25) is 0 Å². The summed E-state index contributed by atoms with van der Waals surface area (Å²) < 4.78 is 13.4. The molecule has 0 fully saturated rings. The SMILES string of the molecule is CCC(C)N(C)CCNC(C)c1ccc(Cl)c(F)c1. The highest BCUT2D eigenvalue weighted by Gasteiger charge is 2.09. The fraction of sp³-hybridized carbons (Fsp3) is 0.600. The lowest BCUT2D eigenvalue weighted by Crippen LogP contribution is -2.35. The van der Waals surface area contributed by atoms with Crippen molar-refractivity contribution in [3.05, 3.63) is 34.6 Å². The molecule has 0 radical (unpaired) electrons. The quantitative estimate of drug-likeness (QED) is 0.819. The van der Waals surface area contributed by atoms with Crippen LogP contribution in [0.15, 0.2) is 18.2 Å². The second-order valence-electron chi connectivity index (χ2n) is 5.09. The van der Waals surface area contributed by atoms with E-state index in [-0.39, 0.29) is 16.9 Å². The smallest absolute Gasteiger partial charge is 0.142 e. The van der Waals surface area contributed by atoms with Crippen LogP contribution in [-0.4, -0.2) is 31.1 Å². The molecular formula is C15H24ClFN2. The summed E-state index contributed by atoms with van der Waals surface area (Å²) in [5.74, 6) is -0.357. The van der Waals surface area contributed by atoms with Gasteiger partial charge in [-0.2, -0.15) is 0 Å². The van der Waals surface area contributed by atoms with Gasteiger partial charge in [0.05, 0.1) is 5.02 Å². The minimum Gasteiger partial charge on any atom is -0.309 e. The van der Waals surface area contributed by atoms with E-state index in [2.05, 4.69) is 31.1 Å². The van der Waals surface area contributed by atoms with E-state index in [4.69, 9.17) is 11.6 Å². The molecule has 108 valence electrons. The van der Waals surface area contributed by atoms with E-state index in [1.807, 2.05) is 13.0 Å². The van der Waals surface area contributed by atoms with Gasteiger partial charge in [0, 0.05) is 25.2 Å². The average molecular weight is 287 g/mol. The zero-order chi connectivity index (χ0) is 14.4. The van der Waals surface area contributed by atoms with Crippen LogP contribution in [0.2, 0.25) is 5.02 Å². The molecule has 1 aromatic rings. The lowest BCUT2D eigenvalue weighted by molar-refractivity contribution is 0.249. The summed E-state index contributed by atoms with van der Waals surface area (Å²) in [5.41, 5.74) is 0.924. The molecule has 0 saturated carbocycles. The van der Waals surface area contributed by atoms with Gasteiger partial charge in [0.25, 0.3) is 0 Å².